The van der Waals surface area contributed by atoms with Crippen LogP contribution < -0.4 is 4.74 Å². The summed E-state index contributed by atoms with van der Waals surface area (Å²) in [7, 11) is -3.14. The standard InChI is InChI=1S/C26H28FN5O3S/c1-18-14-21-22(29-18)6-7-23(26(21)27)35-25-8-9-28-24(30-25)16-19-4-3-5-20(15-19)17-31-10-12-32(13-11-31)36(2,33)34/h3-9,14-15,29H,10-13,16-17H2,1-2H3. The summed E-state index contributed by atoms with van der Waals surface area (Å²) in [6.45, 7) is 5.04. The van der Waals surface area contributed by atoms with Crippen LogP contribution in [0.2, 0.25) is 0 Å². The van der Waals surface area contributed by atoms with E-state index < -0.39 is 15.8 Å². The maximum Gasteiger partial charge on any atom is 0.222 e. The highest BCUT2D eigenvalue weighted by Crippen LogP contribution is 2.29. The second-order valence-corrected chi connectivity index (χ2v) is 11.1. The van der Waals surface area contributed by atoms with Crippen molar-refractivity contribution in [2.24, 2.45) is 0 Å². The summed E-state index contributed by atoms with van der Waals surface area (Å²) in [5.41, 5.74) is 3.79. The van der Waals surface area contributed by atoms with Gasteiger partial charge in [-0.2, -0.15) is 9.29 Å². The van der Waals surface area contributed by atoms with E-state index in [2.05, 4.69) is 32.0 Å². The van der Waals surface area contributed by atoms with Crippen molar-refractivity contribution in [2.75, 3.05) is 32.4 Å². The van der Waals surface area contributed by atoms with Gasteiger partial charge in [0, 0.05) is 68.0 Å². The number of hydrogen-bond donors (Lipinski definition) is 1. The van der Waals surface area contributed by atoms with E-state index in [1.165, 1.54) is 10.6 Å². The highest BCUT2D eigenvalue weighted by molar-refractivity contribution is 7.88. The average molecular weight is 510 g/mol. The number of benzene rings is 2. The van der Waals surface area contributed by atoms with E-state index in [0.29, 0.717) is 43.8 Å². The lowest BCUT2D eigenvalue weighted by Crippen LogP contribution is -2.47. The lowest BCUT2D eigenvalue weighted by atomic mass is 10.1. The van der Waals surface area contributed by atoms with Gasteiger partial charge in [-0.1, -0.05) is 24.3 Å². The fourth-order valence-electron chi connectivity index (χ4n) is 4.50. The van der Waals surface area contributed by atoms with Crippen LogP contribution in [0, 0.1) is 12.7 Å². The third kappa shape index (κ3) is 5.56. The number of ether oxygens (including phenoxy) is 1. The van der Waals surface area contributed by atoms with E-state index in [0.717, 1.165) is 28.9 Å². The molecule has 1 N–H and O–H groups in total. The van der Waals surface area contributed by atoms with Gasteiger partial charge < -0.3 is 9.72 Å². The topological polar surface area (TPSA) is 91.4 Å². The van der Waals surface area contributed by atoms with Crippen molar-refractivity contribution in [2.45, 2.75) is 19.9 Å². The van der Waals surface area contributed by atoms with Crippen LogP contribution in [0.25, 0.3) is 10.9 Å². The summed E-state index contributed by atoms with van der Waals surface area (Å²) in [5, 5.41) is 0.480. The molecule has 4 aromatic rings. The van der Waals surface area contributed by atoms with E-state index in [4.69, 9.17) is 4.74 Å². The molecule has 1 aliphatic rings. The van der Waals surface area contributed by atoms with E-state index in [1.807, 2.05) is 19.1 Å². The van der Waals surface area contributed by atoms with Crippen LogP contribution in [0.3, 0.4) is 0 Å². The van der Waals surface area contributed by atoms with Gasteiger partial charge in [0.25, 0.3) is 0 Å². The van der Waals surface area contributed by atoms with Crippen LogP contribution in [-0.2, 0) is 23.0 Å². The number of fused-ring (bicyclic) bond motifs is 1. The monoisotopic (exact) mass is 509 g/mol. The molecule has 0 radical (unpaired) electrons. The molecule has 36 heavy (non-hydrogen) atoms. The number of H-pyrrole nitrogens is 1. The second kappa shape index (κ2) is 9.96. The summed E-state index contributed by atoms with van der Waals surface area (Å²) >= 11 is 0. The van der Waals surface area contributed by atoms with Gasteiger partial charge in [-0.25, -0.2) is 17.8 Å². The van der Waals surface area contributed by atoms with Crippen LogP contribution in [-0.4, -0.2) is 65.0 Å². The molecule has 3 heterocycles. The molecule has 8 nitrogen and oxygen atoms in total. The predicted octanol–water partition coefficient (Wildman–Crippen LogP) is 3.87. The molecule has 0 spiro atoms. The number of nitrogens with one attached hydrogen (secondary N) is 1. The first kappa shape index (κ1) is 24.4. The number of aryl methyl sites for hydroxylation is 1. The Morgan fingerprint density at radius 1 is 1.06 bits per heavy atom. The summed E-state index contributed by atoms with van der Waals surface area (Å²) in [6.07, 6.45) is 3.37. The molecule has 188 valence electrons. The molecule has 0 aliphatic carbocycles. The van der Waals surface area contributed by atoms with Gasteiger partial charge in [0.15, 0.2) is 11.6 Å². The minimum atomic E-state index is -3.14. The van der Waals surface area contributed by atoms with E-state index in [1.54, 1.807) is 30.5 Å². The van der Waals surface area contributed by atoms with Gasteiger partial charge in [-0.3, -0.25) is 4.90 Å². The van der Waals surface area contributed by atoms with Gasteiger partial charge in [0.1, 0.15) is 5.82 Å². The van der Waals surface area contributed by atoms with Crippen LogP contribution in [0.15, 0.2) is 54.7 Å². The Kier molecular flexibility index (Phi) is 6.74. The summed E-state index contributed by atoms with van der Waals surface area (Å²) in [4.78, 5) is 14.2. The van der Waals surface area contributed by atoms with Crippen molar-refractivity contribution in [3.63, 3.8) is 0 Å². The maximum atomic E-state index is 14.9. The Balaban J connectivity index is 1.25. The molecular weight excluding hydrogens is 481 g/mol. The number of rotatable bonds is 7. The minimum absolute atomic E-state index is 0.115. The summed E-state index contributed by atoms with van der Waals surface area (Å²) < 4.78 is 45.7. The summed E-state index contributed by atoms with van der Waals surface area (Å²) in [5.74, 6) is 0.544. The first-order valence-corrected chi connectivity index (χ1v) is 13.6. The first-order valence-electron chi connectivity index (χ1n) is 11.8. The molecule has 0 unspecified atom stereocenters. The van der Waals surface area contributed by atoms with Gasteiger partial charge >= 0.3 is 0 Å². The molecule has 1 saturated heterocycles. The normalized spacial score (nSPS) is 15.4. The van der Waals surface area contributed by atoms with E-state index >= 15 is 0 Å². The first-order chi connectivity index (χ1) is 17.2. The third-order valence-corrected chi connectivity index (χ3v) is 7.59. The van der Waals surface area contributed by atoms with Crippen LogP contribution in [0.4, 0.5) is 4.39 Å². The Morgan fingerprint density at radius 3 is 2.61 bits per heavy atom. The molecule has 1 aliphatic heterocycles. The number of halogens is 1. The molecule has 0 saturated carbocycles. The van der Waals surface area contributed by atoms with Gasteiger partial charge in [-0.05, 0) is 36.2 Å². The Bertz CT molecular complexity index is 1500. The van der Waals surface area contributed by atoms with Gasteiger partial charge in [-0.15, -0.1) is 0 Å². The molecule has 1 fully saturated rings. The largest absolute Gasteiger partial charge is 0.436 e. The van der Waals surface area contributed by atoms with Crippen molar-refractivity contribution in [3.05, 3.63) is 83.2 Å². The molecule has 2 aromatic heterocycles. The fraction of sp³-hybridized carbons (Fsp3) is 0.308. The van der Waals surface area contributed by atoms with Crippen LogP contribution in [0.5, 0.6) is 11.6 Å². The molecular formula is C26H28FN5O3S. The lowest BCUT2D eigenvalue weighted by Gasteiger charge is -2.33. The highest BCUT2D eigenvalue weighted by Gasteiger charge is 2.23. The number of aromatic amines is 1. The summed E-state index contributed by atoms with van der Waals surface area (Å²) in [6, 6.07) is 14.9. The zero-order valence-corrected chi connectivity index (χ0v) is 21.1. The molecule has 10 heteroatoms. The van der Waals surface area contributed by atoms with Crippen LogP contribution >= 0.6 is 0 Å². The van der Waals surface area contributed by atoms with E-state index in [9.17, 15) is 12.8 Å². The fourth-order valence-corrected chi connectivity index (χ4v) is 5.33. The Hall–Kier alpha value is -3.34. The SMILES string of the molecule is Cc1cc2c(F)c(Oc3ccnc(Cc4cccc(CN5CCN(S(C)(=O)=O)CC5)c4)n3)ccc2[nH]1. The molecule has 5 rings (SSSR count). The van der Waals surface area contributed by atoms with Crippen molar-refractivity contribution >= 4 is 20.9 Å². The zero-order valence-electron chi connectivity index (χ0n) is 20.2. The third-order valence-electron chi connectivity index (χ3n) is 6.29. The highest BCUT2D eigenvalue weighted by atomic mass is 32.2. The molecule has 0 amide bonds. The van der Waals surface area contributed by atoms with Crippen LogP contribution in [0.1, 0.15) is 22.6 Å². The van der Waals surface area contributed by atoms with Crippen molar-refractivity contribution < 1.29 is 17.5 Å². The Labute approximate surface area is 209 Å². The number of hydrogen-bond acceptors (Lipinski definition) is 6. The maximum absolute atomic E-state index is 14.9. The lowest BCUT2D eigenvalue weighted by molar-refractivity contribution is 0.182. The van der Waals surface area contributed by atoms with Crippen molar-refractivity contribution in [1.29, 1.82) is 0 Å². The molecule has 0 atom stereocenters. The van der Waals surface area contributed by atoms with Gasteiger partial charge in [0.2, 0.25) is 15.9 Å². The van der Waals surface area contributed by atoms with Crippen molar-refractivity contribution in [3.8, 4) is 11.6 Å². The Morgan fingerprint density at radius 2 is 1.83 bits per heavy atom. The minimum Gasteiger partial charge on any atom is -0.436 e. The molecule has 2 aromatic carbocycles. The number of piperazine rings is 1. The van der Waals surface area contributed by atoms with Crippen molar-refractivity contribution in [1.82, 2.24) is 24.2 Å². The quantitative estimate of drug-likeness (QED) is 0.407. The average Bonchev–Trinajstić information content (AvgIpc) is 3.22. The van der Waals surface area contributed by atoms with Gasteiger partial charge in [0.05, 0.1) is 6.26 Å². The number of sulfonamides is 1. The zero-order chi connectivity index (χ0) is 25.3. The van der Waals surface area contributed by atoms with E-state index in [-0.39, 0.29) is 11.6 Å². The second-order valence-electron chi connectivity index (χ2n) is 9.14. The number of nitrogens with zero attached hydrogens (tertiary/aromatic N) is 4. The predicted molar refractivity (Wildman–Crippen MR) is 136 cm³/mol. The molecule has 0 bridgehead atoms. The number of aromatic nitrogens is 3. The smallest absolute Gasteiger partial charge is 0.222 e.